The Labute approximate surface area is 94.1 Å². The van der Waals surface area contributed by atoms with Crippen molar-refractivity contribution in [2.45, 2.75) is 6.42 Å². The van der Waals surface area contributed by atoms with Gasteiger partial charge in [-0.1, -0.05) is 23.2 Å². The summed E-state index contributed by atoms with van der Waals surface area (Å²) in [6.45, 7) is 0.978. The summed E-state index contributed by atoms with van der Waals surface area (Å²) >= 11 is 11.7. The fraction of sp³-hybridized carbons (Fsp3) is 0.400. The highest BCUT2D eigenvalue weighted by atomic mass is 35.5. The standard InChI is InChI=1S/C10H13Cl2NO/c1-13(3-2-4-14)10-6-8(11)5-9(12)7-10/h5-7,14H,2-4H2,1H3. The van der Waals surface area contributed by atoms with E-state index in [2.05, 4.69) is 0 Å². The van der Waals surface area contributed by atoms with Gasteiger partial charge in [0.2, 0.25) is 0 Å². The van der Waals surface area contributed by atoms with Crippen molar-refractivity contribution in [2.75, 3.05) is 25.1 Å². The summed E-state index contributed by atoms with van der Waals surface area (Å²) in [5, 5.41) is 9.95. The highest BCUT2D eigenvalue weighted by Gasteiger charge is 2.02. The lowest BCUT2D eigenvalue weighted by molar-refractivity contribution is 0.290. The molecule has 0 aliphatic rings. The van der Waals surface area contributed by atoms with Gasteiger partial charge in [0.05, 0.1) is 0 Å². The van der Waals surface area contributed by atoms with Crippen molar-refractivity contribution in [3.8, 4) is 0 Å². The maximum atomic E-state index is 8.69. The maximum absolute atomic E-state index is 8.69. The van der Waals surface area contributed by atoms with Crippen LogP contribution in [0.1, 0.15) is 6.42 Å². The normalized spacial score (nSPS) is 10.3. The van der Waals surface area contributed by atoms with Crippen molar-refractivity contribution < 1.29 is 5.11 Å². The van der Waals surface area contributed by atoms with Crippen LogP contribution in [0, 0.1) is 0 Å². The number of hydrogen-bond donors (Lipinski definition) is 1. The molecule has 1 rings (SSSR count). The summed E-state index contributed by atoms with van der Waals surface area (Å²) in [5.41, 5.74) is 0.968. The van der Waals surface area contributed by atoms with Crippen LogP contribution in [0.4, 0.5) is 5.69 Å². The molecule has 4 heteroatoms. The number of halogens is 2. The Balaban J connectivity index is 2.73. The third kappa shape index (κ3) is 3.37. The topological polar surface area (TPSA) is 23.5 Å². The summed E-state index contributed by atoms with van der Waals surface area (Å²) in [4.78, 5) is 2.01. The molecule has 0 fully saturated rings. The zero-order chi connectivity index (χ0) is 10.6. The summed E-state index contributed by atoms with van der Waals surface area (Å²) in [6.07, 6.45) is 0.737. The van der Waals surface area contributed by atoms with Gasteiger partial charge in [0, 0.05) is 35.9 Å². The van der Waals surface area contributed by atoms with Gasteiger partial charge in [0.15, 0.2) is 0 Å². The second-order valence-corrected chi connectivity index (χ2v) is 4.00. The molecule has 0 saturated carbocycles. The fourth-order valence-corrected chi connectivity index (χ4v) is 1.71. The molecule has 78 valence electrons. The average Bonchev–Trinajstić information content (AvgIpc) is 2.12. The molecule has 0 bridgehead atoms. The van der Waals surface area contributed by atoms with E-state index < -0.39 is 0 Å². The first-order valence-corrected chi connectivity index (χ1v) is 5.17. The quantitative estimate of drug-likeness (QED) is 0.865. The minimum absolute atomic E-state index is 0.193. The van der Waals surface area contributed by atoms with Crippen molar-refractivity contribution >= 4 is 28.9 Å². The number of rotatable bonds is 4. The van der Waals surface area contributed by atoms with Gasteiger partial charge in [-0.2, -0.15) is 0 Å². The van der Waals surface area contributed by atoms with Crippen LogP contribution in [0.15, 0.2) is 18.2 Å². The van der Waals surface area contributed by atoms with E-state index in [1.54, 1.807) is 6.07 Å². The third-order valence-electron chi connectivity index (χ3n) is 1.94. The Hall–Kier alpha value is -0.440. The van der Waals surface area contributed by atoms with Gasteiger partial charge >= 0.3 is 0 Å². The molecule has 0 saturated heterocycles. The number of nitrogens with zero attached hydrogens (tertiary/aromatic N) is 1. The van der Waals surface area contributed by atoms with E-state index in [0.29, 0.717) is 10.0 Å². The van der Waals surface area contributed by atoms with Gasteiger partial charge in [-0.3, -0.25) is 0 Å². The Kier molecular flexibility index (Phi) is 4.52. The minimum atomic E-state index is 0.193. The van der Waals surface area contributed by atoms with E-state index >= 15 is 0 Å². The van der Waals surface area contributed by atoms with Crippen molar-refractivity contribution in [1.82, 2.24) is 0 Å². The van der Waals surface area contributed by atoms with Gasteiger partial charge in [0.25, 0.3) is 0 Å². The molecule has 0 amide bonds. The molecule has 14 heavy (non-hydrogen) atoms. The highest BCUT2D eigenvalue weighted by molar-refractivity contribution is 6.35. The summed E-state index contributed by atoms with van der Waals surface area (Å²) < 4.78 is 0. The van der Waals surface area contributed by atoms with Crippen LogP contribution in [-0.4, -0.2) is 25.3 Å². The third-order valence-corrected chi connectivity index (χ3v) is 2.38. The number of aliphatic hydroxyl groups excluding tert-OH is 1. The molecule has 2 nitrogen and oxygen atoms in total. The van der Waals surface area contributed by atoms with Crippen molar-refractivity contribution in [2.24, 2.45) is 0 Å². The van der Waals surface area contributed by atoms with E-state index in [4.69, 9.17) is 28.3 Å². The van der Waals surface area contributed by atoms with Gasteiger partial charge in [-0.05, 0) is 24.6 Å². The van der Waals surface area contributed by atoms with Crippen LogP contribution >= 0.6 is 23.2 Å². The second kappa shape index (κ2) is 5.44. The predicted octanol–water partition coefficient (Wildman–Crippen LogP) is 2.81. The van der Waals surface area contributed by atoms with Crippen LogP contribution in [0.5, 0.6) is 0 Å². The molecule has 0 aliphatic heterocycles. The zero-order valence-corrected chi connectivity index (χ0v) is 9.52. The maximum Gasteiger partial charge on any atom is 0.0447 e. The molecule has 1 N–H and O–H groups in total. The van der Waals surface area contributed by atoms with Gasteiger partial charge in [0.1, 0.15) is 0 Å². The second-order valence-electron chi connectivity index (χ2n) is 3.13. The SMILES string of the molecule is CN(CCCO)c1cc(Cl)cc(Cl)c1. The molecule has 0 radical (unpaired) electrons. The molecule has 0 atom stereocenters. The summed E-state index contributed by atoms with van der Waals surface area (Å²) in [6, 6.07) is 5.40. The molecule has 1 aromatic carbocycles. The molecule has 1 aromatic rings. The summed E-state index contributed by atoms with van der Waals surface area (Å²) in [5.74, 6) is 0. The van der Waals surface area contributed by atoms with Crippen molar-refractivity contribution in [3.63, 3.8) is 0 Å². The minimum Gasteiger partial charge on any atom is -0.396 e. The summed E-state index contributed by atoms with van der Waals surface area (Å²) in [7, 11) is 1.94. The molecule has 0 aliphatic carbocycles. The van der Waals surface area contributed by atoms with E-state index in [-0.39, 0.29) is 6.61 Å². The number of benzene rings is 1. The zero-order valence-electron chi connectivity index (χ0n) is 8.00. The number of aliphatic hydroxyl groups is 1. The molecule has 0 aromatic heterocycles. The highest BCUT2D eigenvalue weighted by Crippen LogP contribution is 2.24. The largest absolute Gasteiger partial charge is 0.396 e. The Morgan fingerprint density at radius 3 is 2.29 bits per heavy atom. The molecular weight excluding hydrogens is 221 g/mol. The number of hydrogen-bond acceptors (Lipinski definition) is 2. The van der Waals surface area contributed by atoms with Gasteiger partial charge < -0.3 is 10.0 Å². The van der Waals surface area contributed by atoms with Crippen LogP contribution in [0.3, 0.4) is 0 Å². The fourth-order valence-electron chi connectivity index (χ4n) is 1.20. The van der Waals surface area contributed by atoms with Crippen LogP contribution in [-0.2, 0) is 0 Å². The average molecular weight is 234 g/mol. The first kappa shape index (κ1) is 11.6. The molecule has 0 spiro atoms. The van der Waals surface area contributed by atoms with E-state index in [9.17, 15) is 0 Å². The lowest BCUT2D eigenvalue weighted by Crippen LogP contribution is -2.19. The van der Waals surface area contributed by atoms with Crippen molar-refractivity contribution in [1.29, 1.82) is 0 Å². The van der Waals surface area contributed by atoms with Crippen molar-refractivity contribution in [3.05, 3.63) is 28.2 Å². The van der Waals surface area contributed by atoms with E-state index in [0.717, 1.165) is 18.7 Å². The first-order chi connectivity index (χ1) is 6.63. The smallest absolute Gasteiger partial charge is 0.0447 e. The first-order valence-electron chi connectivity index (χ1n) is 4.41. The van der Waals surface area contributed by atoms with E-state index in [1.165, 1.54) is 0 Å². The predicted molar refractivity (Wildman–Crippen MR) is 61.4 cm³/mol. The van der Waals surface area contributed by atoms with E-state index in [1.807, 2.05) is 24.1 Å². The lowest BCUT2D eigenvalue weighted by Gasteiger charge is -2.19. The van der Waals surface area contributed by atoms with Gasteiger partial charge in [-0.25, -0.2) is 0 Å². The van der Waals surface area contributed by atoms with Gasteiger partial charge in [-0.15, -0.1) is 0 Å². The molecule has 0 heterocycles. The Bertz CT molecular complexity index is 284. The number of anilines is 1. The van der Waals surface area contributed by atoms with Crippen LogP contribution in [0.25, 0.3) is 0 Å². The Morgan fingerprint density at radius 2 is 1.79 bits per heavy atom. The Morgan fingerprint density at radius 1 is 1.21 bits per heavy atom. The monoisotopic (exact) mass is 233 g/mol. The van der Waals surface area contributed by atoms with Crippen LogP contribution in [0.2, 0.25) is 10.0 Å². The van der Waals surface area contributed by atoms with Crippen LogP contribution < -0.4 is 4.90 Å². The lowest BCUT2D eigenvalue weighted by atomic mass is 10.3. The molecule has 0 unspecified atom stereocenters. The molecular formula is C10H13Cl2NO.